The molecule has 1 amide bonds. The Morgan fingerprint density at radius 1 is 1.07 bits per heavy atom. The third-order valence-corrected chi connectivity index (χ3v) is 6.55. The maximum atomic E-state index is 12.7. The Labute approximate surface area is 166 Å². The number of sulfonamides is 1. The molecular formula is C19H20F3N3O3S. The van der Waals surface area contributed by atoms with Crippen molar-refractivity contribution in [3.05, 3.63) is 59.8 Å². The van der Waals surface area contributed by atoms with Crippen molar-refractivity contribution in [1.29, 1.82) is 0 Å². The van der Waals surface area contributed by atoms with E-state index in [1.54, 1.807) is 30.3 Å². The summed E-state index contributed by atoms with van der Waals surface area (Å²) in [6, 6.07) is 12.1. The minimum atomic E-state index is -4.60. The second kappa shape index (κ2) is 8.50. The van der Waals surface area contributed by atoms with Crippen LogP contribution in [0.15, 0.2) is 48.5 Å². The standard InChI is InChI=1S/C19H20F3N3O3S/c20-19(21,22)16-7-4-8-17(23-16)24-18(26)15-9-11-25(12-10-15)29(27,28)13-14-5-2-1-3-6-14/h1-8,15H,9-13H2,(H,23,24,26). The molecule has 6 nitrogen and oxygen atoms in total. The van der Waals surface area contributed by atoms with E-state index < -0.39 is 33.7 Å². The van der Waals surface area contributed by atoms with E-state index in [0.717, 1.165) is 6.07 Å². The Balaban J connectivity index is 1.57. The van der Waals surface area contributed by atoms with Gasteiger partial charge in [-0.05, 0) is 30.5 Å². The summed E-state index contributed by atoms with van der Waals surface area (Å²) in [6.07, 6.45) is -4.02. The number of carbonyl (C=O) groups is 1. The molecule has 2 heterocycles. The predicted molar refractivity (Wildman–Crippen MR) is 101 cm³/mol. The molecule has 0 aliphatic carbocycles. The minimum absolute atomic E-state index is 0.112. The van der Waals surface area contributed by atoms with Crippen LogP contribution in [-0.2, 0) is 26.7 Å². The molecule has 0 unspecified atom stereocenters. The molecule has 0 atom stereocenters. The Kier molecular flexibility index (Phi) is 6.23. The van der Waals surface area contributed by atoms with Gasteiger partial charge in [0.2, 0.25) is 15.9 Å². The second-order valence-corrected chi connectivity index (χ2v) is 8.78. The van der Waals surface area contributed by atoms with Gasteiger partial charge in [-0.2, -0.15) is 13.2 Å². The van der Waals surface area contributed by atoms with Crippen LogP contribution in [0.5, 0.6) is 0 Å². The fourth-order valence-electron chi connectivity index (χ4n) is 3.16. The molecule has 1 aromatic heterocycles. The highest BCUT2D eigenvalue weighted by atomic mass is 32.2. The Bertz CT molecular complexity index is 957. The predicted octanol–water partition coefficient (Wildman–Crippen LogP) is 3.28. The number of aromatic nitrogens is 1. The zero-order valence-electron chi connectivity index (χ0n) is 15.4. The lowest BCUT2D eigenvalue weighted by molar-refractivity contribution is -0.141. The number of rotatable bonds is 5. The first-order chi connectivity index (χ1) is 13.6. The summed E-state index contributed by atoms with van der Waals surface area (Å²) in [6.45, 7) is 0.368. The minimum Gasteiger partial charge on any atom is -0.310 e. The normalized spacial score (nSPS) is 16.5. The first kappa shape index (κ1) is 21.3. The fourth-order valence-corrected chi connectivity index (χ4v) is 4.73. The van der Waals surface area contributed by atoms with Crippen LogP contribution in [0, 0.1) is 5.92 Å². The molecule has 29 heavy (non-hydrogen) atoms. The summed E-state index contributed by atoms with van der Waals surface area (Å²) >= 11 is 0. The van der Waals surface area contributed by atoms with E-state index >= 15 is 0 Å². The maximum absolute atomic E-state index is 12.7. The van der Waals surface area contributed by atoms with E-state index in [-0.39, 0.29) is 24.7 Å². The van der Waals surface area contributed by atoms with Crippen molar-refractivity contribution in [2.75, 3.05) is 18.4 Å². The number of carbonyl (C=O) groups excluding carboxylic acids is 1. The number of nitrogens with one attached hydrogen (secondary N) is 1. The molecule has 1 aliphatic heterocycles. The highest BCUT2D eigenvalue weighted by molar-refractivity contribution is 7.88. The molecule has 3 rings (SSSR count). The number of anilines is 1. The van der Waals surface area contributed by atoms with Crippen LogP contribution in [0.3, 0.4) is 0 Å². The number of nitrogens with zero attached hydrogens (tertiary/aromatic N) is 2. The summed E-state index contributed by atoms with van der Waals surface area (Å²) < 4.78 is 64.7. The molecule has 10 heteroatoms. The van der Waals surface area contributed by atoms with E-state index in [0.29, 0.717) is 18.4 Å². The van der Waals surface area contributed by atoms with Crippen LogP contribution in [-0.4, -0.2) is 36.7 Å². The van der Waals surface area contributed by atoms with Gasteiger partial charge in [0.15, 0.2) is 0 Å². The Hall–Kier alpha value is -2.46. The van der Waals surface area contributed by atoms with Gasteiger partial charge in [-0.25, -0.2) is 17.7 Å². The first-order valence-electron chi connectivity index (χ1n) is 9.02. The molecule has 1 saturated heterocycles. The van der Waals surface area contributed by atoms with Crippen molar-refractivity contribution in [1.82, 2.24) is 9.29 Å². The fraction of sp³-hybridized carbons (Fsp3) is 0.368. The van der Waals surface area contributed by atoms with Gasteiger partial charge in [0, 0.05) is 19.0 Å². The van der Waals surface area contributed by atoms with Gasteiger partial charge in [-0.3, -0.25) is 4.79 Å². The molecule has 1 N–H and O–H groups in total. The number of piperidine rings is 1. The third kappa shape index (κ3) is 5.54. The van der Waals surface area contributed by atoms with Gasteiger partial charge in [0.05, 0.1) is 5.75 Å². The molecule has 1 fully saturated rings. The number of amides is 1. The summed E-state index contributed by atoms with van der Waals surface area (Å²) in [5.41, 5.74) is -0.403. The van der Waals surface area contributed by atoms with Crippen LogP contribution < -0.4 is 5.32 Å². The largest absolute Gasteiger partial charge is 0.433 e. The molecule has 0 spiro atoms. The second-order valence-electron chi connectivity index (χ2n) is 6.81. The quantitative estimate of drug-likeness (QED) is 0.794. The van der Waals surface area contributed by atoms with E-state index in [1.807, 2.05) is 0 Å². The highest BCUT2D eigenvalue weighted by Crippen LogP contribution is 2.28. The summed E-state index contributed by atoms with van der Waals surface area (Å²) in [7, 11) is -3.50. The highest BCUT2D eigenvalue weighted by Gasteiger charge is 2.34. The van der Waals surface area contributed by atoms with Crippen LogP contribution in [0.4, 0.5) is 19.0 Å². The molecule has 1 aliphatic rings. The number of benzene rings is 1. The lowest BCUT2D eigenvalue weighted by Gasteiger charge is -2.30. The Morgan fingerprint density at radius 2 is 1.72 bits per heavy atom. The zero-order valence-corrected chi connectivity index (χ0v) is 16.2. The smallest absolute Gasteiger partial charge is 0.310 e. The summed E-state index contributed by atoms with van der Waals surface area (Å²) in [4.78, 5) is 15.8. The van der Waals surface area contributed by atoms with Crippen molar-refractivity contribution in [2.24, 2.45) is 5.92 Å². The summed E-state index contributed by atoms with van der Waals surface area (Å²) in [5, 5.41) is 2.40. The van der Waals surface area contributed by atoms with Crippen molar-refractivity contribution in [2.45, 2.75) is 24.8 Å². The van der Waals surface area contributed by atoms with Gasteiger partial charge in [-0.1, -0.05) is 36.4 Å². The Morgan fingerprint density at radius 3 is 2.34 bits per heavy atom. The van der Waals surface area contributed by atoms with Crippen molar-refractivity contribution < 1.29 is 26.4 Å². The molecule has 2 aromatic rings. The molecular weight excluding hydrogens is 407 g/mol. The molecule has 1 aromatic carbocycles. The zero-order chi connectivity index (χ0) is 21.1. The van der Waals surface area contributed by atoms with Gasteiger partial charge < -0.3 is 5.32 Å². The van der Waals surface area contributed by atoms with E-state index in [1.165, 1.54) is 16.4 Å². The topological polar surface area (TPSA) is 79.4 Å². The number of hydrogen-bond donors (Lipinski definition) is 1. The van der Waals surface area contributed by atoms with Crippen molar-refractivity contribution >= 4 is 21.7 Å². The van der Waals surface area contributed by atoms with Crippen LogP contribution in [0.1, 0.15) is 24.1 Å². The van der Waals surface area contributed by atoms with Gasteiger partial charge >= 0.3 is 6.18 Å². The average Bonchev–Trinajstić information content (AvgIpc) is 2.68. The van der Waals surface area contributed by atoms with Gasteiger partial charge in [-0.15, -0.1) is 0 Å². The van der Waals surface area contributed by atoms with Crippen LogP contribution >= 0.6 is 0 Å². The van der Waals surface area contributed by atoms with E-state index in [2.05, 4.69) is 10.3 Å². The average molecular weight is 427 g/mol. The van der Waals surface area contributed by atoms with Crippen LogP contribution in [0.2, 0.25) is 0 Å². The van der Waals surface area contributed by atoms with E-state index in [9.17, 15) is 26.4 Å². The molecule has 0 saturated carbocycles. The number of alkyl halides is 3. The summed E-state index contributed by atoms with van der Waals surface area (Å²) in [5.74, 6) is -1.24. The molecule has 0 radical (unpaired) electrons. The molecule has 0 bridgehead atoms. The number of pyridine rings is 1. The number of hydrogen-bond acceptors (Lipinski definition) is 4. The van der Waals surface area contributed by atoms with Crippen LogP contribution in [0.25, 0.3) is 0 Å². The SMILES string of the molecule is O=C(Nc1cccc(C(F)(F)F)n1)C1CCN(S(=O)(=O)Cc2ccccc2)CC1. The van der Waals surface area contributed by atoms with Gasteiger partial charge in [0.25, 0.3) is 0 Å². The maximum Gasteiger partial charge on any atom is 0.433 e. The third-order valence-electron chi connectivity index (χ3n) is 4.70. The van der Waals surface area contributed by atoms with Crippen molar-refractivity contribution in [3.63, 3.8) is 0 Å². The number of halogens is 3. The van der Waals surface area contributed by atoms with Crippen molar-refractivity contribution in [3.8, 4) is 0 Å². The first-order valence-corrected chi connectivity index (χ1v) is 10.6. The lowest BCUT2D eigenvalue weighted by atomic mass is 9.97. The van der Waals surface area contributed by atoms with E-state index in [4.69, 9.17) is 0 Å². The van der Waals surface area contributed by atoms with Gasteiger partial charge in [0.1, 0.15) is 11.5 Å². The lowest BCUT2D eigenvalue weighted by Crippen LogP contribution is -2.42. The monoisotopic (exact) mass is 427 g/mol. The molecule has 156 valence electrons.